The van der Waals surface area contributed by atoms with Crippen molar-refractivity contribution in [1.29, 1.82) is 5.26 Å². The monoisotopic (exact) mass is 590 g/mol. The third-order valence-electron chi connectivity index (χ3n) is 7.06. The zero-order valence-electron chi connectivity index (χ0n) is 25.0. The molecular weight excluding hydrogens is 556 g/mol. The van der Waals surface area contributed by atoms with Crippen LogP contribution < -0.4 is 29.4 Å². The first-order chi connectivity index (χ1) is 21.4. The second kappa shape index (κ2) is 13.7. The van der Waals surface area contributed by atoms with E-state index in [2.05, 4.69) is 6.07 Å². The van der Waals surface area contributed by atoms with E-state index < -0.39 is 11.9 Å². The van der Waals surface area contributed by atoms with E-state index in [9.17, 15) is 10.1 Å². The summed E-state index contributed by atoms with van der Waals surface area (Å²) >= 11 is 0. The van der Waals surface area contributed by atoms with E-state index in [0.717, 1.165) is 17.5 Å². The maximum absolute atomic E-state index is 12.9. The van der Waals surface area contributed by atoms with Gasteiger partial charge in [-0.3, -0.25) is 0 Å². The molecule has 1 aliphatic rings. The summed E-state index contributed by atoms with van der Waals surface area (Å²) < 4.78 is 29.2. The smallest absolute Gasteiger partial charge is 0.343 e. The number of hydrogen-bond acceptors (Lipinski definition) is 8. The molecule has 0 radical (unpaired) electrons. The minimum atomic E-state index is -0.539. The van der Waals surface area contributed by atoms with Crippen LogP contribution in [-0.2, 0) is 6.61 Å². The number of fused-ring (bicyclic) bond motifs is 1. The molecule has 0 aliphatic carbocycles. The first-order valence-electron chi connectivity index (χ1n) is 14.5. The highest BCUT2D eigenvalue weighted by atomic mass is 16.5. The zero-order chi connectivity index (χ0) is 31.1. The molecule has 0 fully saturated rings. The maximum Gasteiger partial charge on any atom is 0.343 e. The predicted molar refractivity (Wildman–Crippen MR) is 166 cm³/mol. The molecule has 0 amide bonds. The molecule has 0 saturated carbocycles. The molecule has 2 N–H and O–H groups in total. The molecular formula is C36H34N2O6. The van der Waals surface area contributed by atoms with Crippen LogP contribution in [0.3, 0.4) is 0 Å². The van der Waals surface area contributed by atoms with Gasteiger partial charge in [-0.05, 0) is 67.8 Å². The van der Waals surface area contributed by atoms with Gasteiger partial charge in [-0.15, -0.1) is 0 Å². The highest BCUT2D eigenvalue weighted by Gasteiger charge is 2.32. The topological polar surface area (TPSA) is 113 Å². The largest absolute Gasteiger partial charge is 0.494 e. The van der Waals surface area contributed by atoms with Crippen molar-refractivity contribution < 1.29 is 28.5 Å². The van der Waals surface area contributed by atoms with Gasteiger partial charge in [0.15, 0.2) is 11.5 Å². The van der Waals surface area contributed by atoms with Gasteiger partial charge in [0.1, 0.15) is 35.5 Å². The lowest BCUT2D eigenvalue weighted by Gasteiger charge is -2.27. The maximum atomic E-state index is 12.9. The minimum Gasteiger partial charge on any atom is -0.494 e. The second-order valence-electron chi connectivity index (χ2n) is 10.3. The average Bonchev–Trinajstić information content (AvgIpc) is 3.03. The van der Waals surface area contributed by atoms with Crippen LogP contribution in [-0.4, -0.2) is 19.2 Å². The first-order valence-corrected chi connectivity index (χ1v) is 14.5. The lowest BCUT2D eigenvalue weighted by atomic mass is 9.83. The van der Waals surface area contributed by atoms with Crippen molar-refractivity contribution in [1.82, 2.24) is 0 Å². The van der Waals surface area contributed by atoms with E-state index in [1.165, 1.54) is 5.56 Å². The van der Waals surface area contributed by atoms with E-state index >= 15 is 0 Å². The van der Waals surface area contributed by atoms with Gasteiger partial charge in [0, 0.05) is 11.6 Å². The number of ether oxygens (including phenoxy) is 5. The van der Waals surface area contributed by atoms with Crippen LogP contribution in [0.5, 0.6) is 28.7 Å². The van der Waals surface area contributed by atoms with Crippen molar-refractivity contribution in [2.75, 3.05) is 13.2 Å². The number of nitrogens with two attached hydrogens (primary N) is 1. The number of nitrogens with zero attached hydrogens (tertiary/aromatic N) is 1. The molecule has 0 spiro atoms. The molecule has 224 valence electrons. The Morgan fingerprint density at radius 1 is 0.909 bits per heavy atom. The number of rotatable bonds is 11. The van der Waals surface area contributed by atoms with Crippen molar-refractivity contribution in [3.8, 4) is 34.8 Å². The summed E-state index contributed by atoms with van der Waals surface area (Å²) in [5, 5.41) is 10.0. The standard InChI is InChI=1S/C36H34N2O6/c1-4-17-41-27-8-6-7-26(18-27)36(39)43-28-14-15-29-32(20-28)44-35(38)30(21-37)34(29)25-13-16-31(33(19-25)40-5-2)42-22-24-11-9-23(3)10-12-24/h6-16,18-20,34H,4-5,17,22,38H2,1-3H3. The number of carbonyl (C=O) groups is 1. The Hall–Kier alpha value is -5.42. The van der Waals surface area contributed by atoms with Crippen molar-refractivity contribution in [3.05, 3.63) is 124 Å². The molecule has 4 aromatic rings. The van der Waals surface area contributed by atoms with Crippen LogP contribution in [0.1, 0.15) is 58.8 Å². The summed E-state index contributed by atoms with van der Waals surface area (Å²) in [5.41, 5.74) is 10.5. The van der Waals surface area contributed by atoms with Crippen molar-refractivity contribution in [3.63, 3.8) is 0 Å². The molecule has 0 saturated heterocycles. The molecule has 4 aromatic carbocycles. The van der Waals surface area contributed by atoms with Gasteiger partial charge in [-0.25, -0.2) is 4.79 Å². The van der Waals surface area contributed by atoms with Crippen LogP contribution in [0.15, 0.2) is 96.4 Å². The van der Waals surface area contributed by atoms with Gasteiger partial charge in [-0.2, -0.15) is 5.26 Å². The van der Waals surface area contributed by atoms with Gasteiger partial charge in [0.05, 0.1) is 24.7 Å². The van der Waals surface area contributed by atoms with E-state index in [0.29, 0.717) is 53.9 Å². The number of hydrogen-bond donors (Lipinski definition) is 1. The van der Waals surface area contributed by atoms with Crippen LogP contribution in [0.2, 0.25) is 0 Å². The molecule has 44 heavy (non-hydrogen) atoms. The van der Waals surface area contributed by atoms with E-state index in [1.54, 1.807) is 42.5 Å². The van der Waals surface area contributed by atoms with E-state index in [1.807, 2.05) is 63.2 Å². The highest BCUT2D eigenvalue weighted by molar-refractivity contribution is 5.91. The number of aryl methyl sites for hydroxylation is 1. The quantitative estimate of drug-likeness (QED) is 0.144. The van der Waals surface area contributed by atoms with Gasteiger partial charge >= 0.3 is 5.97 Å². The summed E-state index contributed by atoms with van der Waals surface area (Å²) in [6.45, 7) is 7.32. The first kappa shape index (κ1) is 30.1. The van der Waals surface area contributed by atoms with Crippen molar-refractivity contribution in [2.24, 2.45) is 5.73 Å². The zero-order valence-corrected chi connectivity index (χ0v) is 25.0. The SMILES string of the molecule is CCCOc1cccc(C(=O)Oc2ccc3c(c2)OC(N)=C(C#N)C3c2ccc(OCc3ccc(C)cc3)c(OCC)c2)c1. The van der Waals surface area contributed by atoms with Crippen LogP contribution >= 0.6 is 0 Å². The van der Waals surface area contributed by atoms with Crippen molar-refractivity contribution >= 4 is 5.97 Å². The summed E-state index contributed by atoms with van der Waals surface area (Å²) in [5.74, 6) is 1.30. The van der Waals surface area contributed by atoms with Crippen molar-refractivity contribution in [2.45, 2.75) is 39.7 Å². The summed E-state index contributed by atoms with van der Waals surface area (Å²) in [7, 11) is 0. The van der Waals surface area contributed by atoms with E-state index in [-0.39, 0.29) is 17.2 Å². The van der Waals surface area contributed by atoms with Crippen LogP contribution in [0.25, 0.3) is 0 Å². The predicted octanol–water partition coefficient (Wildman–Crippen LogP) is 7.20. The van der Waals surface area contributed by atoms with Crippen LogP contribution in [0, 0.1) is 18.3 Å². The average molecular weight is 591 g/mol. The Kier molecular flexibility index (Phi) is 9.36. The molecule has 1 unspecified atom stereocenters. The Morgan fingerprint density at radius 2 is 1.73 bits per heavy atom. The Bertz CT molecular complexity index is 1720. The number of allylic oxidation sites excluding steroid dienone is 1. The number of carbonyl (C=O) groups excluding carboxylic acids is 1. The summed E-state index contributed by atoms with van der Waals surface area (Å²) in [6.07, 6.45) is 0.856. The fourth-order valence-corrected chi connectivity index (χ4v) is 4.88. The normalized spacial score (nSPS) is 13.7. The van der Waals surface area contributed by atoms with Crippen LogP contribution in [0.4, 0.5) is 0 Å². The third kappa shape index (κ3) is 6.79. The number of esters is 1. The molecule has 1 atom stereocenters. The molecule has 8 heteroatoms. The summed E-state index contributed by atoms with van der Waals surface area (Å²) in [4.78, 5) is 12.9. The second-order valence-corrected chi connectivity index (χ2v) is 10.3. The number of benzene rings is 4. The van der Waals surface area contributed by atoms with Gasteiger partial charge in [0.25, 0.3) is 0 Å². The van der Waals surface area contributed by atoms with E-state index in [4.69, 9.17) is 29.4 Å². The van der Waals surface area contributed by atoms with Gasteiger partial charge in [0.2, 0.25) is 5.88 Å². The molecule has 1 aliphatic heterocycles. The van der Waals surface area contributed by atoms with Gasteiger partial charge < -0.3 is 29.4 Å². The molecule has 0 aromatic heterocycles. The molecule has 0 bridgehead atoms. The fourth-order valence-electron chi connectivity index (χ4n) is 4.88. The minimum absolute atomic E-state index is 0.0214. The molecule has 8 nitrogen and oxygen atoms in total. The third-order valence-corrected chi connectivity index (χ3v) is 7.06. The lowest BCUT2D eigenvalue weighted by Crippen LogP contribution is -2.21. The Morgan fingerprint density at radius 3 is 2.48 bits per heavy atom. The molecule has 1 heterocycles. The lowest BCUT2D eigenvalue weighted by molar-refractivity contribution is 0.0734. The summed E-state index contributed by atoms with van der Waals surface area (Å²) in [6, 6.07) is 27.8. The fraction of sp³-hybridized carbons (Fsp3) is 0.222. The Balaban J connectivity index is 1.41. The van der Waals surface area contributed by atoms with Gasteiger partial charge in [-0.1, -0.05) is 55.0 Å². The highest BCUT2D eigenvalue weighted by Crippen LogP contribution is 2.45. The molecule has 5 rings (SSSR count). The number of nitriles is 1. The Labute approximate surface area is 257 Å².